The van der Waals surface area contributed by atoms with Crippen molar-refractivity contribution < 1.29 is 9.18 Å². The minimum atomic E-state index is -0.285. The third kappa shape index (κ3) is 4.02. The highest BCUT2D eigenvalue weighted by molar-refractivity contribution is 5.77. The molecular weight excluding hydrogens is 319 g/mol. The first-order valence-corrected chi connectivity index (χ1v) is 8.53. The number of fused-ring (bicyclic) bond motifs is 1. The van der Waals surface area contributed by atoms with Crippen molar-refractivity contribution in [1.82, 2.24) is 19.9 Å². The average Bonchev–Trinajstić information content (AvgIpc) is 2.99. The Bertz CT molecular complexity index is 857. The summed E-state index contributed by atoms with van der Waals surface area (Å²) in [5.41, 5.74) is 2.35. The van der Waals surface area contributed by atoms with Crippen molar-refractivity contribution in [2.24, 2.45) is 0 Å². The lowest BCUT2D eigenvalue weighted by molar-refractivity contribution is -0.121. The Morgan fingerprint density at radius 3 is 2.80 bits per heavy atom. The molecule has 2 heterocycles. The number of hydrogen-bond acceptors (Lipinski definition) is 3. The first-order chi connectivity index (χ1) is 12.2. The van der Waals surface area contributed by atoms with E-state index in [0.29, 0.717) is 19.5 Å². The van der Waals surface area contributed by atoms with Crippen LogP contribution < -0.4 is 5.32 Å². The van der Waals surface area contributed by atoms with E-state index in [1.54, 1.807) is 18.3 Å². The molecule has 130 valence electrons. The lowest BCUT2D eigenvalue weighted by Gasteiger charge is -2.10. The number of unbranched alkanes of at least 4 members (excludes halogenated alkanes) is 1. The molecule has 1 N–H and O–H groups in total. The second kappa shape index (κ2) is 7.88. The van der Waals surface area contributed by atoms with Crippen molar-refractivity contribution in [2.45, 2.75) is 32.7 Å². The van der Waals surface area contributed by atoms with Crippen molar-refractivity contribution in [3.05, 3.63) is 48.4 Å². The summed E-state index contributed by atoms with van der Waals surface area (Å²) >= 11 is 0. The van der Waals surface area contributed by atoms with Crippen LogP contribution in [0.15, 0.2) is 42.6 Å². The molecule has 0 saturated carbocycles. The molecule has 2 aromatic heterocycles. The van der Waals surface area contributed by atoms with Gasteiger partial charge in [0.15, 0.2) is 5.65 Å². The molecule has 0 radical (unpaired) electrons. The zero-order chi connectivity index (χ0) is 17.6. The van der Waals surface area contributed by atoms with Gasteiger partial charge in [0.2, 0.25) is 5.91 Å². The molecule has 0 saturated heterocycles. The van der Waals surface area contributed by atoms with Crippen molar-refractivity contribution >= 4 is 17.1 Å². The number of aromatic nitrogens is 3. The number of nitrogens with zero attached hydrogens (tertiary/aromatic N) is 3. The number of carbonyl (C=O) groups excluding carboxylic acids is 1. The molecule has 3 aromatic rings. The Hall–Kier alpha value is -2.76. The molecule has 0 aliphatic rings. The second-order valence-corrected chi connectivity index (χ2v) is 5.89. The van der Waals surface area contributed by atoms with Gasteiger partial charge in [0.05, 0.1) is 0 Å². The fourth-order valence-corrected chi connectivity index (χ4v) is 2.72. The summed E-state index contributed by atoms with van der Waals surface area (Å²) in [6.45, 7) is 3.11. The molecule has 0 atom stereocenters. The molecular formula is C19H21FN4O. The zero-order valence-electron chi connectivity index (χ0n) is 14.2. The Morgan fingerprint density at radius 2 is 2.04 bits per heavy atom. The molecule has 0 aliphatic carbocycles. The van der Waals surface area contributed by atoms with Crippen LogP contribution in [0, 0.1) is 5.82 Å². The molecule has 25 heavy (non-hydrogen) atoms. The Labute approximate surface area is 145 Å². The molecule has 5 nitrogen and oxygen atoms in total. The molecule has 1 amide bonds. The van der Waals surface area contributed by atoms with Crippen LogP contribution in [-0.2, 0) is 11.3 Å². The minimum absolute atomic E-state index is 0.0579. The van der Waals surface area contributed by atoms with Gasteiger partial charge in [-0.2, -0.15) is 0 Å². The first kappa shape index (κ1) is 17.1. The highest BCUT2D eigenvalue weighted by Crippen LogP contribution is 2.23. The van der Waals surface area contributed by atoms with Gasteiger partial charge in [0, 0.05) is 31.3 Å². The number of amides is 1. The molecule has 0 aliphatic heterocycles. The van der Waals surface area contributed by atoms with Crippen LogP contribution in [0.5, 0.6) is 0 Å². The van der Waals surface area contributed by atoms with Gasteiger partial charge >= 0.3 is 0 Å². The Kier molecular flexibility index (Phi) is 5.38. The third-order valence-corrected chi connectivity index (χ3v) is 4.02. The standard InChI is InChI=1S/C19H21FN4O/c1-2-3-6-17(25)21-12-13-24-18(14-7-9-15(20)10-8-14)23-16-5-4-11-22-19(16)24/h4-5,7-11H,2-3,6,12-13H2,1H3,(H,21,25). The van der Waals surface area contributed by atoms with Crippen LogP contribution in [0.3, 0.4) is 0 Å². The fraction of sp³-hybridized carbons (Fsp3) is 0.316. The maximum atomic E-state index is 13.2. The zero-order valence-corrected chi connectivity index (χ0v) is 14.2. The number of hydrogen-bond donors (Lipinski definition) is 1. The highest BCUT2D eigenvalue weighted by Gasteiger charge is 2.13. The molecule has 6 heteroatoms. The van der Waals surface area contributed by atoms with E-state index < -0.39 is 0 Å². The second-order valence-electron chi connectivity index (χ2n) is 5.89. The molecule has 3 rings (SSSR count). The van der Waals surface area contributed by atoms with E-state index in [0.717, 1.165) is 35.4 Å². The van der Waals surface area contributed by atoms with Crippen LogP contribution in [0.1, 0.15) is 26.2 Å². The average molecular weight is 340 g/mol. The summed E-state index contributed by atoms with van der Waals surface area (Å²) in [5, 5.41) is 2.93. The SMILES string of the molecule is CCCCC(=O)NCCn1c(-c2ccc(F)cc2)nc2cccnc21. The fourth-order valence-electron chi connectivity index (χ4n) is 2.72. The lowest BCUT2D eigenvalue weighted by atomic mass is 10.2. The largest absolute Gasteiger partial charge is 0.354 e. The predicted octanol–water partition coefficient (Wildman–Crippen LogP) is 3.54. The number of pyridine rings is 1. The summed E-state index contributed by atoms with van der Waals surface area (Å²) in [6, 6.07) is 9.96. The number of benzene rings is 1. The van der Waals surface area contributed by atoms with Crippen molar-refractivity contribution in [3.8, 4) is 11.4 Å². The van der Waals surface area contributed by atoms with Gasteiger partial charge in [0.1, 0.15) is 17.2 Å². The maximum Gasteiger partial charge on any atom is 0.220 e. The highest BCUT2D eigenvalue weighted by atomic mass is 19.1. The van der Waals surface area contributed by atoms with E-state index in [1.807, 2.05) is 16.7 Å². The van der Waals surface area contributed by atoms with Gasteiger partial charge in [-0.3, -0.25) is 4.79 Å². The monoisotopic (exact) mass is 340 g/mol. The van der Waals surface area contributed by atoms with E-state index in [4.69, 9.17) is 0 Å². The van der Waals surface area contributed by atoms with Crippen molar-refractivity contribution in [1.29, 1.82) is 0 Å². The van der Waals surface area contributed by atoms with Gasteiger partial charge in [-0.1, -0.05) is 13.3 Å². The van der Waals surface area contributed by atoms with Crippen LogP contribution >= 0.6 is 0 Å². The van der Waals surface area contributed by atoms with E-state index in [-0.39, 0.29) is 11.7 Å². The van der Waals surface area contributed by atoms with Gasteiger partial charge in [-0.25, -0.2) is 14.4 Å². The van der Waals surface area contributed by atoms with Crippen molar-refractivity contribution in [3.63, 3.8) is 0 Å². The summed E-state index contributed by atoms with van der Waals surface area (Å²) in [4.78, 5) is 20.8. The third-order valence-electron chi connectivity index (χ3n) is 4.02. The normalized spacial score (nSPS) is 11.0. The maximum absolute atomic E-state index is 13.2. The van der Waals surface area contributed by atoms with Gasteiger partial charge in [-0.15, -0.1) is 0 Å². The Balaban J connectivity index is 1.83. The molecule has 1 aromatic carbocycles. The van der Waals surface area contributed by atoms with E-state index in [9.17, 15) is 9.18 Å². The van der Waals surface area contributed by atoms with Crippen LogP contribution in [0.4, 0.5) is 4.39 Å². The predicted molar refractivity (Wildman–Crippen MR) is 95.5 cm³/mol. The molecule has 0 spiro atoms. The van der Waals surface area contributed by atoms with E-state index >= 15 is 0 Å². The van der Waals surface area contributed by atoms with E-state index in [2.05, 4.69) is 22.2 Å². The lowest BCUT2D eigenvalue weighted by Crippen LogP contribution is -2.27. The molecule has 0 unspecified atom stereocenters. The summed E-state index contributed by atoms with van der Waals surface area (Å²) in [5.74, 6) is 0.492. The first-order valence-electron chi connectivity index (χ1n) is 8.53. The van der Waals surface area contributed by atoms with Gasteiger partial charge in [0.25, 0.3) is 0 Å². The van der Waals surface area contributed by atoms with E-state index in [1.165, 1.54) is 12.1 Å². The van der Waals surface area contributed by atoms with Crippen molar-refractivity contribution in [2.75, 3.05) is 6.54 Å². The number of halogens is 1. The summed E-state index contributed by atoms with van der Waals surface area (Å²) in [6.07, 6.45) is 4.15. The van der Waals surface area contributed by atoms with Crippen LogP contribution in [-0.4, -0.2) is 27.0 Å². The number of rotatable bonds is 7. The Morgan fingerprint density at radius 1 is 1.24 bits per heavy atom. The topological polar surface area (TPSA) is 59.8 Å². The number of carbonyl (C=O) groups is 1. The van der Waals surface area contributed by atoms with Gasteiger partial charge in [-0.05, 0) is 42.8 Å². The van der Waals surface area contributed by atoms with Crippen LogP contribution in [0.2, 0.25) is 0 Å². The number of nitrogens with one attached hydrogen (secondary N) is 1. The quantitative estimate of drug-likeness (QED) is 0.715. The summed E-state index contributed by atoms with van der Waals surface area (Å²) < 4.78 is 15.2. The van der Waals surface area contributed by atoms with Gasteiger partial charge < -0.3 is 9.88 Å². The number of imidazole rings is 1. The summed E-state index contributed by atoms with van der Waals surface area (Å²) in [7, 11) is 0. The smallest absolute Gasteiger partial charge is 0.220 e. The van der Waals surface area contributed by atoms with Crippen LogP contribution in [0.25, 0.3) is 22.6 Å². The minimum Gasteiger partial charge on any atom is -0.354 e. The molecule has 0 bridgehead atoms. The molecule has 0 fully saturated rings.